The number of aliphatic hydroxyl groups excluding tert-OH is 3. The van der Waals surface area contributed by atoms with Gasteiger partial charge in [-0.25, -0.2) is 0 Å². The number of benzene rings is 2. The predicted molar refractivity (Wildman–Crippen MR) is 199 cm³/mol. The minimum atomic E-state index is -1.97. The van der Waals surface area contributed by atoms with E-state index < -0.39 is 82.8 Å². The second kappa shape index (κ2) is 15.7. The lowest BCUT2D eigenvalue weighted by Crippen LogP contribution is -2.44. The van der Waals surface area contributed by atoms with Crippen LogP contribution in [0.4, 0.5) is 5.69 Å². The van der Waals surface area contributed by atoms with E-state index >= 15 is 0 Å². The van der Waals surface area contributed by atoms with Gasteiger partial charge in [0, 0.05) is 66.3 Å². The van der Waals surface area contributed by atoms with Gasteiger partial charge < -0.3 is 50.2 Å². The average molecular weight is 739 g/mol. The van der Waals surface area contributed by atoms with Crippen molar-refractivity contribution in [2.75, 3.05) is 25.5 Å². The monoisotopic (exact) mass is 738 g/mol. The lowest BCUT2D eigenvalue weighted by molar-refractivity contribution is -0.112. The lowest BCUT2D eigenvalue weighted by Gasteiger charge is -2.36. The van der Waals surface area contributed by atoms with E-state index in [4.69, 9.17) is 14.2 Å². The maximum Gasteiger partial charge on any atom is 0.312 e. The van der Waals surface area contributed by atoms with Gasteiger partial charge in [0.05, 0.1) is 47.3 Å². The van der Waals surface area contributed by atoms with E-state index in [-0.39, 0.29) is 51.0 Å². The first kappa shape index (κ1) is 40.1. The number of ether oxygens (including phenoxy) is 3. The van der Waals surface area contributed by atoms with Crippen LogP contribution in [0.1, 0.15) is 75.9 Å². The van der Waals surface area contributed by atoms with Crippen LogP contribution in [0.25, 0.3) is 10.8 Å². The summed E-state index contributed by atoms with van der Waals surface area (Å²) in [4.78, 5) is 29.9. The summed E-state index contributed by atoms with van der Waals surface area (Å²) in [6.45, 7) is 12.9. The molecule has 0 aromatic heterocycles. The molecule has 4 heterocycles. The Balaban J connectivity index is 1.69. The molecule has 1 fully saturated rings. The minimum Gasteiger partial charge on any atom is -0.507 e. The maximum absolute atomic E-state index is 14.3. The maximum atomic E-state index is 14.3. The normalized spacial score (nSPS) is 34.1. The van der Waals surface area contributed by atoms with Crippen molar-refractivity contribution in [1.82, 2.24) is 4.90 Å². The Hall–Kier alpha value is -4.14. The van der Waals surface area contributed by atoms with Crippen LogP contribution >= 0.6 is 0 Å². The zero-order valence-corrected chi connectivity index (χ0v) is 31.7. The third-order valence-corrected chi connectivity index (χ3v) is 11.4. The summed E-state index contributed by atoms with van der Waals surface area (Å²) in [6.07, 6.45) is 5.52. The first-order chi connectivity index (χ1) is 24.9. The van der Waals surface area contributed by atoms with Gasteiger partial charge in [0.25, 0.3) is 11.7 Å². The van der Waals surface area contributed by atoms with Crippen molar-refractivity contribution in [1.29, 1.82) is 0 Å². The molecule has 0 aliphatic carbocycles. The van der Waals surface area contributed by atoms with Crippen molar-refractivity contribution >= 4 is 28.2 Å². The summed E-state index contributed by atoms with van der Waals surface area (Å²) in [5.74, 6) is -7.03. The van der Waals surface area contributed by atoms with Crippen LogP contribution in [-0.4, -0.2) is 97.6 Å². The number of hydrogen-bond donors (Lipinski definition) is 7. The molecule has 1 amide bonds. The number of amides is 1. The second-order valence-electron chi connectivity index (χ2n) is 15.1. The fraction of sp³-hybridized carbons (Fsp3) is 0.550. The van der Waals surface area contributed by atoms with E-state index in [1.165, 1.54) is 39.4 Å². The van der Waals surface area contributed by atoms with E-state index in [9.17, 15) is 40.2 Å². The van der Waals surface area contributed by atoms with E-state index in [2.05, 4.69) is 10.2 Å². The highest BCUT2D eigenvalue weighted by molar-refractivity contribution is 6.22. The van der Waals surface area contributed by atoms with Crippen LogP contribution in [0, 0.1) is 30.6 Å². The molecule has 13 heteroatoms. The Morgan fingerprint density at radius 2 is 1.51 bits per heavy atom. The molecule has 6 rings (SSSR count). The van der Waals surface area contributed by atoms with Crippen molar-refractivity contribution < 1.29 is 54.4 Å². The van der Waals surface area contributed by atoms with Gasteiger partial charge in [0.1, 0.15) is 17.2 Å². The van der Waals surface area contributed by atoms with E-state index in [0.717, 1.165) is 12.8 Å². The number of carbonyl (C=O) groups is 2. The summed E-state index contributed by atoms with van der Waals surface area (Å²) in [5.41, 5.74) is 0.283. The molecule has 0 saturated carbocycles. The zero-order chi connectivity index (χ0) is 39.1. The van der Waals surface area contributed by atoms with Crippen LogP contribution in [0.5, 0.6) is 23.0 Å². The number of aliphatic hydroxyl groups is 3. The van der Waals surface area contributed by atoms with E-state index in [1.54, 1.807) is 46.8 Å². The molecule has 5 bridgehead atoms. The highest BCUT2D eigenvalue weighted by Gasteiger charge is 2.50. The number of phenolic OH excluding ortho intramolecular Hbond substituents is 3. The highest BCUT2D eigenvalue weighted by Crippen LogP contribution is 2.55. The molecule has 53 heavy (non-hydrogen) atoms. The molecular weight excluding hydrogens is 684 g/mol. The molecule has 290 valence electrons. The SMILES string of the molecule is CO[C@H]1/C=C/O[C@@]2(C)Oc3c(C)c(O)c4c(O)c(c(CN5CCCC5)c(O)c4c3C2=O)NC(=O)/C(C)=C\C=C\[C@H](C)[C@H](O)[C@@H](C)[C@@H](O)[C@@H](C)[C@H](O)[C@@H]1C. The van der Waals surface area contributed by atoms with Gasteiger partial charge in [-0.1, -0.05) is 45.9 Å². The van der Waals surface area contributed by atoms with Crippen LogP contribution < -0.4 is 10.1 Å². The van der Waals surface area contributed by atoms with Gasteiger partial charge >= 0.3 is 5.79 Å². The van der Waals surface area contributed by atoms with Crippen molar-refractivity contribution in [2.24, 2.45) is 23.7 Å². The quantitative estimate of drug-likeness (QED) is 0.168. The number of rotatable bonds is 3. The third kappa shape index (κ3) is 7.37. The number of ketones is 1. The van der Waals surface area contributed by atoms with Gasteiger partial charge in [0.2, 0.25) is 0 Å². The Labute approximate surface area is 310 Å². The lowest BCUT2D eigenvalue weighted by atomic mass is 9.78. The van der Waals surface area contributed by atoms with Gasteiger partial charge in [0.15, 0.2) is 5.75 Å². The summed E-state index contributed by atoms with van der Waals surface area (Å²) in [6, 6.07) is 0. The molecule has 1 saturated heterocycles. The van der Waals surface area contributed by atoms with Crippen LogP contribution in [0.3, 0.4) is 0 Å². The van der Waals surface area contributed by atoms with Crippen molar-refractivity contribution in [3.05, 3.63) is 52.8 Å². The minimum absolute atomic E-state index is 0.0361. The Kier molecular flexibility index (Phi) is 11.9. The highest BCUT2D eigenvalue weighted by atomic mass is 16.7. The fourth-order valence-electron chi connectivity index (χ4n) is 7.71. The molecule has 0 unspecified atom stereocenters. The molecule has 2 aromatic rings. The summed E-state index contributed by atoms with van der Waals surface area (Å²) in [7, 11) is 1.45. The molecule has 4 aliphatic rings. The summed E-state index contributed by atoms with van der Waals surface area (Å²) >= 11 is 0. The molecule has 4 aliphatic heterocycles. The summed E-state index contributed by atoms with van der Waals surface area (Å²) < 4.78 is 17.7. The van der Waals surface area contributed by atoms with E-state index in [1.807, 2.05) is 0 Å². The van der Waals surface area contributed by atoms with Gasteiger partial charge in [-0.05, 0) is 45.9 Å². The molecule has 2 aromatic carbocycles. The first-order valence-corrected chi connectivity index (χ1v) is 18.2. The number of methoxy groups -OCH3 is 1. The Morgan fingerprint density at radius 3 is 2.15 bits per heavy atom. The number of fused-ring (bicyclic) bond motifs is 14. The smallest absolute Gasteiger partial charge is 0.312 e. The molecule has 7 N–H and O–H groups in total. The fourth-order valence-corrected chi connectivity index (χ4v) is 7.71. The molecular formula is C40H54N2O11. The van der Waals surface area contributed by atoms with Crippen LogP contribution in [0.2, 0.25) is 0 Å². The number of likely N-dealkylation sites (tertiary alicyclic amines) is 1. The molecule has 0 spiro atoms. The number of hydrogen-bond acceptors (Lipinski definition) is 12. The van der Waals surface area contributed by atoms with Gasteiger partial charge in [-0.2, -0.15) is 0 Å². The Morgan fingerprint density at radius 1 is 0.887 bits per heavy atom. The number of Topliss-reactive ketones (excluding diaryl/α,β-unsaturated/α-hetero) is 1. The number of aromatic hydroxyl groups is 3. The van der Waals surface area contributed by atoms with E-state index in [0.29, 0.717) is 13.1 Å². The topological polar surface area (TPSA) is 198 Å². The van der Waals surface area contributed by atoms with Crippen molar-refractivity contribution in [3.8, 4) is 23.0 Å². The standard InChI is InChI=1S/C40H54N2O11/c1-19-12-11-13-20(2)39(50)41-30-25(18-42-15-9-10-16-42)35(47)27-28(36(30)48)34(46)24(6)37-29(27)38(49)40(7,53-37)52-17-14-26(51-8)21(3)32(44)23(5)33(45)22(4)31(19)43/h11-14,17,19,21-23,26,31-33,43-48H,9-10,15-16,18H2,1-8H3,(H,41,50)/b12-11+,17-14+,20-13-/t19-,21+,22+,23-,26-,31-,32+,33+,40-/m0/s1. The number of phenols is 3. The molecule has 9 atom stereocenters. The predicted octanol–water partition coefficient (Wildman–Crippen LogP) is 4.78. The average Bonchev–Trinajstić information content (AvgIpc) is 3.75. The number of anilines is 1. The number of nitrogens with zero attached hydrogens (tertiary/aromatic N) is 1. The van der Waals surface area contributed by atoms with Crippen LogP contribution in [-0.2, 0) is 20.8 Å². The largest absolute Gasteiger partial charge is 0.507 e. The van der Waals surface area contributed by atoms with Crippen LogP contribution in [0.15, 0.2) is 36.1 Å². The third-order valence-electron chi connectivity index (χ3n) is 11.4. The number of nitrogens with one attached hydrogen (secondary N) is 1. The summed E-state index contributed by atoms with van der Waals surface area (Å²) in [5, 5.41) is 71.4. The molecule has 13 nitrogen and oxygen atoms in total. The van der Waals surface area contributed by atoms with Crippen molar-refractivity contribution in [3.63, 3.8) is 0 Å². The number of allylic oxidation sites excluding steroid dienone is 2. The first-order valence-electron chi connectivity index (χ1n) is 18.2. The van der Waals surface area contributed by atoms with Gasteiger partial charge in [-0.15, -0.1) is 0 Å². The Bertz CT molecular complexity index is 1830. The number of carbonyl (C=O) groups excluding carboxylic acids is 2. The molecule has 0 radical (unpaired) electrons. The van der Waals surface area contributed by atoms with Gasteiger partial charge in [-0.3, -0.25) is 14.5 Å². The zero-order valence-electron chi connectivity index (χ0n) is 31.7. The second-order valence-corrected chi connectivity index (χ2v) is 15.1. The van der Waals surface area contributed by atoms with Crippen molar-refractivity contribution in [2.45, 2.75) is 98.1 Å².